The zero-order valence-corrected chi connectivity index (χ0v) is 10.6. The molecule has 0 aromatic carbocycles. The standard InChI is InChI=1S/C9H17N5O2S/c1-13-7-8(6-10)9(11-13)12-17(15,16)14-4-2-3-5-14/h7H,2-6,10H2,1H3,(H,11,12). The summed E-state index contributed by atoms with van der Waals surface area (Å²) in [5.74, 6) is 0.321. The van der Waals surface area contributed by atoms with Crippen molar-refractivity contribution in [1.82, 2.24) is 14.1 Å². The second-order valence-electron chi connectivity index (χ2n) is 4.09. The van der Waals surface area contributed by atoms with Crippen LogP contribution < -0.4 is 10.5 Å². The fraction of sp³-hybridized carbons (Fsp3) is 0.667. The summed E-state index contributed by atoms with van der Waals surface area (Å²) in [6.07, 6.45) is 3.53. The third kappa shape index (κ3) is 2.59. The van der Waals surface area contributed by atoms with Crippen molar-refractivity contribution in [3.8, 4) is 0 Å². The van der Waals surface area contributed by atoms with E-state index in [0.717, 1.165) is 12.8 Å². The lowest BCUT2D eigenvalue weighted by atomic mass is 10.3. The van der Waals surface area contributed by atoms with E-state index in [-0.39, 0.29) is 6.54 Å². The summed E-state index contributed by atoms with van der Waals surface area (Å²) in [7, 11) is -1.75. The minimum Gasteiger partial charge on any atom is -0.326 e. The maximum Gasteiger partial charge on any atom is 0.302 e. The molecule has 96 valence electrons. The molecule has 1 aliphatic rings. The Kier molecular flexibility index (Phi) is 3.36. The van der Waals surface area contributed by atoms with Crippen LogP contribution in [0, 0.1) is 0 Å². The fourth-order valence-corrected chi connectivity index (χ4v) is 3.17. The Labute approximate surface area is 101 Å². The first-order valence-corrected chi connectivity index (χ1v) is 6.97. The van der Waals surface area contributed by atoms with Gasteiger partial charge < -0.3 is 5.73 Å². The van der Waals surface area contributed by atoms with Crippen LogP contribution in [0.5, 0.6) is 0 Å². The monoisotopic (exact) mass is 259 g/mol. The Balaban J connectivity index is 2.19. The largest absolute Gasteiger partial charge is 0.326 e. The molecule has 0 bridgehead atoms. The predicted octanol–water partition coefficient (Wildman–Crippen LogP) is -0.369. The summed E-state index contributed by atoms with van der Waals surface area (Å²) in [4.78, 5) is 0. The summed E-state index contributed by atoms with van der Waals surface area (Å²) in [5, 5.41) is 4.06. The van der Waals surface area contributed by atoms with Crippen LogP contribution in [0.2, 0.25) is 0 Å². The van der Waals surface area contributed by atoms with Gasteiger partial charge in [-0.3, -0.25) is 9.40 Å². The van der Waals surface area contributed by atoms with Crippen LogP contribution in [0.4, 0.5) is 5.82 Å². The molecule has 0 atom stereocenters. The Hall–Kier alpha value is -1.12. The zero-order valence-electron chi connectivity index (χ0n) is 9.76. The number of aryl methyl sites for hydroxylation is 1. The van der Waals surface area contributed by atoms with E-state index in [4.69, 9.17) is 5.73 Å². The molecule has 1 saturated heterocycles. The van der Waals surface area contributed by atoms with Crippen LogP contribution in [0.1, 0.15) is 18.4 Å². The van der Waals surface area contributed by atoms with Gasteiger partial charge in [-0.2, -0.15) is 17.8 Å². The molecule has 1 aliphatic heterocycles. The van der Waals surface area contributed by atoms with Crippen LogP contribution in [-0.4, -0.2) is 35.6 Å². The summed E-state index contributed by atoms with van der Waals surface area (Å²) in [6.45, 7) is 1.39. The number of nitrogens with one attached hydrogen (secondary N) is 1. The van der Waals surface area contributed by atoms with Crippen molar-refractivity contribution < 1.29 is 8.42 Å². The smallest absolute Gasteiger partial charge is 0.302 e. The van der Waals surface area contributed by atoms with Gasteiger partial charge in [-0.1, -0.05) is 0 Å². The van der Waals surface area contributed by atoms with Gasteiger partial charge in [0, 0.05) is 38.4 Å². The Morgan fingerprint density at radius 2 is 2.12 bits per heavy atom. The quantitative estimate of drug-likeness (QED) is 0.771. The Morgan fingerprint density at radius 3 is 2.71 bits per heavy atom. The van der Waals surface area contributed by atoms with Crippen molar-refractivity contribution >= 4 is 16.0 Å². The number of anilines is 1. The molecule has 0 radical (unpaired) electrons. The van der Waals surface area contributed by atoms with Crippen molar-refractivity contribution in [2.45, 2.75) is 19.4 Å². The normalized spacial score (nSPS) is 17.5. The van der Waals surface area contributed by atoms with Crippen LogP contribution in [0.15, 0.2) is 6.20 Å². The van der Waals surface area contributed by atoms with E-state index in [0.29, 0.717) is 24.5 Å². The first-order chi connectivity index (χ1) is 8.03. The topological polar surface area (TPSA) is 93.2 Å². The molecule has 1 aromatic rings. The highest BCUT2D eigenvalue weighted by molar-refractivity contribution is 7.90. The molecular formula is C9H17N5O2S. The Bertz CT molecular complexity index is 489. The van der Waals surface area contributed by atoms with Crippen LogP contribution >= 0.6 is 0 Å². The maximum absolute atomic E-state index is 12.0. The van der Waals surface area contributed by atoms with Gasteiger partial charge in [-0.25, -0.2) is 0 Å². The fourth-order valence-electron chi connectivity index (χ4n) is 1.89. The van der Waals surface area contributed by atoms with E-state index in [1.807, 2.05) is 0 Å². The minimum atomic E-state index is -3.48. The van der Waals surface area contributed by atoms with Crippen LogP contribution in [-0.2, 0) is 23.8 Å². The summed E-state index contributed by atoms with van der Waals surface area (Å²) in [6, 6.07) is 0. The lowest BCUT2D eigenvalue weighted by molar-refractivity contribution is 0.482. The summed E-state index contributed by atoms with van der Waals surface area (Å²) >= 11 is 0. The lowest BCUT2D eigenvalue weighted by Crippen LogP contribution is -2.33. The van der Waals surface area contributed by atoms with Crippen molar-refractivity contribution in [2.24, 2.45) is 12.8 Å². The second-order valence-corrected chi connectivity index (χ2v) is 5.76. The van der Waals surface area contributed by atoms with Crippen molar-refractivity contribution in [2.75, 3.05) is 17.8 Å². The third-order valence-electron chi connectivity index (χ3n) is 2.76. The van der Waals surface area contributed by atoms with E-state index >= 15 is 0 Å². The molecule has 0 aliphatic carbocycles. The SMILES string of the molecule is Cn1cc(CN)c(NS(=O)(=O)N2CCCC2)n1. The first kappa shape index (κ1) is 12.3. The van der Waals surface area contributed by atoms with Gasteiger partial charge >= 0.3 is 10.2 Å². The van der Waals surface area contributed by atoms with E-state index in [1.165, 1.54) is 4.31 Å². The molecular weight excluding hydrogens is 242 g/mol. The molecule has 2 heterocycles. The van der Waals surface area contributed by atoms with E-state index in [9.17, 15) is 8.42 Å². The van der Waals surface area contributed by atoms with Crippen LogP contribution in [0.25, 0.3) is 0 Å². The molecule has 7 nitrogen and oxygen atoms in total. The third-order valence-corrected chi connectivity index (χ3v) is 4.25. The molecule has 8 heteroatoms. The van der Waals surface area contributed by atoms with Gasteiger partial charge in [0.2, 0.25) is 0 Å². The number of hydrogen-bond acceptors (Lipinski definition) is 4. The van der Waals surface area contributed by atoms with Gasteiger partial charge in [0.05, 0.1) is 0 Å². The predicted molar refractivity (Wildman–Crippen MR) is 64.4 cm³/mol. The number of hydrogen-bond donors (Lipinski definition) is 2. The zero-order chi connectivity index (χ0) is 12.5. The van der Waals surface area contributed by atoms with E-state index < -0.39 is 10.2 Å². The van der Waals surface area contributed by atoms with Crippen molar-refractivity contribution in [3.63, 3.8) is 0 Å². The molecule has 3 N–H and O–H groups in total. The number of nitrogens with zero attached hydrogens (tertiary/aromatic N) is 3. The lowest BCUT2D eigenvalue weighted by Gasteiger charge is -2.15. The average molecular weight is 259 g/mol. The highest BCUT2D eigenvalue weighted by Gasteiger charge is 2.26. The second kappa shape index (κ2) is 4.63. The minimum absolute atomic E-state index is 0.256. The highest BCUT2D eigenvalue weighted by Crippen LogP contribution is 2.18. The maximum atomic E-state index is 12.0. The van der Waals surface area contributed by atoms with Gasteiger partial charge in [-0.05, 0) is 12.8 Å². The first-order valence-electron chi connectivity index (χ1n) is 5.53. The molecule has 1 fully saturated rings. The number of aromatic nitrogens is 2. The van der Waals surface area contributed by atoms with Gasteiger partial charge in [0.15, 0.2) is 5.82 Å². The van der Waals surface area contributed by atoms with E-state index in [1.54, 1.807) is 17.9 Å². The van der Waals surface area contributed by atoms with E-state index in [2.05, 4.69) is 9.82 Å². The Morgan fingerprint density at radius 1 is 1.47 bits per heavy atom. The van der Waals surface area contributed by atoms with Crippen LogP contribution in [0.3, 0.4) is 0 Å². The molecule has 1 aromatic heterocycles. The number of nitrogens with two attached hydrogens (primary N) is 1. The summed E-state index contributed by atoms with van der Waals surface area (Å²) in [5.41, 5.74) is 6.22. The molecule has 0 spiro atoms. The molecule has 17 heavy (non-hydrogen) atoms. The molecule has 0 amide bonds. The van der Waals surface area contributed by atoms with Crippen molar-refractivity contribution in [1.29, 1.82) is 0 Å². The average Bonchev–Trinajstić information content (AvgIpc) is 2.86. The van der Waals surface area contributed by atoms with Gasteiger partial charge in [0.25, 0.3) is 0 Å². The summed E-state index contributed by atoms with van der Waals surface area (Å²) < 4.78 is 29.5. The molecule has 2 rings (SSSR count). The molecule has 0 saturated carbocycles. The molecule has 0 unspecified atom stereocenters. The van der Waals surface area contributed by atoms with Gasteiger partial charge in [-0.15, -0.1) is 0 Å². The van der Waals surface area contributed by atoms with Gasteiger partial charge in [0.1, 0.15) is 0 Å². The highest BCUT2D eigenvalue weighted by atomic mass is 32.2. The number of rotatable bonds is 4. The van der Waals surface area contributed by atoms with Crippen molar-refractivity contribution in [3.05, 3.63) is 11.8 Å².